The highest BCUT2D eigenvalue weighted by Gasteiger charge is 2.20. The van der Waals surface area contributed by atoms with Gasteiger partial charge in [-0.3, -0.25) is 4.79 Å². The highest BCUT2D eigenvalue weighted by molar-refractivity contribution is 7.17. The molecular weight excluding hydrogens is 248 g/mol. The molecule has 1 fully saturated rings. The highest BCUT2D eigenvalue weighted by atomic mass is 32.1. The van der Waals surface area contributed by atoms with E-state index in [4.69, 9.17) is 5.73 Å². The molecule has 18 heavy (non-hydrogen) atoms. The van der Waals surface area contributed by atoms with Crippen LogP contribution in [0.15, 0.2) is 0 Å². The number of carbonyl (C=O) groups excluding carboxylic acids is 1. The van der Waals surface area contributed by atoms with Crippen molar-refractivity contribution in [2.24, 2.45) is 0 Å². The monoisotopic (exact) mass is 268 g/mol. The van der Waals surface area contributed by atoms with Crippen LogP contribution in [0.2, 0.25) is 0 Å². The summed E-state index contributed by atoms with van der Waals surface area (Å²) in [5.41, 5.74) is 6.31. The Morgan fingerprint density at radius 3 is 3.00 bits per heavy atom. The molecular formula is C12H20N4OS. The number of likely N-dealkylation sites (N-methyl/N-ethyl adjacent to an activating group) is 1. The van der Waals surface area contributed by atoms with Gasteiger partial charge in [0.05, 0.1) is 5.69 Å². The topological polar surface area (TPSA) is 71.2 Å². The van der Waals surface area contributed by atoms with Crippen molar-refractivity contribution in [2.45, 2.75) is 32.2 Å². The standard InChI is InChI=1S/C12H20N4OS/c1-8-10(18-12(13)15-8)11(17)14-7-9-5-3-4-6-16(9)2/h9H,3-7H2,1-2H3,(H2,13,15)(H,14,17). The number of hydrogen-bond acceptors (Lipinski definition) is 5. The first kappa shape index (κ1) is 13.3. The van der Waals surface area contributed by atoms with Crippen molar-refractivity contribution in [3.05, 3.63) is 10.6 Å². The van der Waals surface area contributed by atoms with Gasteiger partial charge in [0.2, 0.25) is 0 Å². The average molecular weight is 268 g/mol. The van der Waals surface area contributed by atoms with Crippen molar-refractivity contribution in [3.8, 4) is 0 Å². The van der Waals surface area contributed by atoms with Gasteiger partial charge in [0.1, 0.15) is 4.88 Å². The second-order valence-corrected chi connectivity index (χ2v) is 5.84. The van der Waals surface area contributed by atoms with Crippen molar-refractivity contribution in [2.75, 3.05) is 25.9 Å². The van der Waals surface area contributed by atoms with Crippen LogP contribution in [-0.4, -0.2) is 42.0 Å². The van der Waals surface area contributed by atoms with Gasteiger partial charge in [-0.05, 0) is 33.4 Å². The summed E-state index contributed by atoms with van der Waals surface area (Å²) in [6.45, 7) is 3.63. The summed E-state index contributed by atoms with van der Waals surface area (Å²) in [5, 5.41) is 3.44. The lowest BCUT2D eigenvalue weighted by Gasteiger charge is -2.32. The van der Waals surface area contributed by atoms with E-state index in [1.54, 1.807) is 0 Å². The number of nitrogens with two attached hydrogens (primary N) is 1. The Hall–Kier alpha value is -1.14. The SMILES string of the molecule is Cc1nc(N)sc1C(=O)NCC1CCCCN1C. The molecule has 1 aromatic heterocycles. The smallest absolute Gasteiger partial charge is 0.263 e. The van der Waals surface area contributed by atoms with E-state index in [1.807, 2.05) is 6.92 Å². The number of nitrogens with one attached hydrogen (secondary N) is 1. The largest absolute Gasteiger partial charge is 0.375 e. The van der Waals surface area contributed by atoms with E-state index in [9.17, 15) is 4.79 Å². The van der Waals surface area contributed by atoms with Crippen LogP contribution in [0, 0.1) is 6.92 Å². The second kappa shape index (κ2) is 5.67. The fourth-order valence-corrected chi connectivity index (χ4v) is 3.07. The Bertz CT molecular complexity index is 432. The van der Waals surface area contributed by atoms with Crippen LogP contribution in [0.1, 0.15) is 34.6 Å². The van der Waals surface area contributed by atoms with Gasteiger partial charge >= 0.3 is 0 Å². The zero-order chi connectivity index (χ0) is 13.1. The normalized spacial score (nSPS) is 20.9. The summed E-state index contributed by atoms with van der Waals surface area (Å²) in [4.78, 5) is 19.0. The first-order valence-electron chi connectivity index (χ1n) is 6.29. The van der Waals surface area contributed by atoms with E-state index in [0.717, 1.165) is 13.0 Å². The number of rotatable bonds is 3. The Balaban J connectivity index is 1.90. The number of carbonyl (C=O) groups is 1. The molecule has 0 saturated carbocycles. The molecule has 2 rings (SSSR count). The molecule has 1 amide bonds. The fraction of sp³-hybridized carbons (Fsp3) is 0.667. The molecule has 0 bridgehead atoms. The minimum absolute atomic E-state index is 0.0549. The maximum Gasteiger partial charge on any atom is 0.263 e. The molecule has 2 heterocycles. The van der Waals surface area contributed by atoms with E-state index in [2.05, 4.69) is 22.2 Å². The summed E-state index contributed by atoms with van der Waals surface area (Å²) in [7, 11) is 2.12. The van der Waals surface area contributed by atoms with Crippen molar-refractivity contribution in [1.29, 1.82) is 0 Å². The quantitative estimate of drug-likeness (QED) is 0.865. The number of nitrogen functional groups attached to an aromatic ring is 1. The predicted octanol–water partition coefficient (Wildman–Crippen LogP) is 1.25. The zero-order valence-corrected chi connectivity index (χ0v) is 11.7. The second-order valence-electron chi connectivity index (χ2n) is 4.81. The van der Waals surface area contributed by atoms with Gasteiger partial charge in [0, 0.05) is 12.6 Å². The summed E-state index contributed by atoms with van der Waals surface area (Å²) in [6, 6.07) is 0.452. The third-order valence-corrected chi connectivity index (χ3v) is 4.42. The summed E-state index contributed by atoms with van der Waals surface area (Å²) < 4.78 is 0. The molecule has 1 aromatic rings. The van der Waals surface area contributed by atoms with Crippen LogP contribution >= 0.6 is 11.3 Å². The maximum atomic E-state index is 12.0. The first-order valence-corrected chi connectivity index (χ1v) is 7.11. The Labute approximate surface area is 111 Å². The number of thiazole rings is 1. The molecule has 100 valence electrons. The minimum atomic E-state index is -0.0549. The summed E-state index contributed by atoms with van der Waals surface area (Å²) in [6.07, 6.45) is 3.66. The number of aryl methyl sites for hydroxylation is 1. The van der Waals surface area contributed by atoms with Crippen molar-refractivity contribution < 1.29 is 4.79 Å². The number of nitrogens with zero attached hydrogens (tertiary/aromatic N) is 2. The molecule has 1 unspecified atom stereocenters. The number of anilines is 1. The number of likely N-dealkylation sites (tertiary alicyclic amines) is 1. The third kappa shape index (κ3) is 3.00. The summed E-state index contributed by atoms with van der Waals surface area (Å²) >= 11 is 1.25. The van der Waals surface area contributed by atoms with Crippen molar-refractivity contribution in [3.63, 3.8) is 0 Å². The average Bonchev–Trinajstić information content (AvgIpc) is 2.67. The first-order chi connectivity index (χ1) is 8.58. The molecule has 6 heteroatoms. The Kier molecular flexibility index (Phi) is 4.19. The lowest BCUT2D eigenvalue weighted by atomic mass is 10.0. The van der Waals surface area contributed by atoms with E-state index in [0.29, 0.717) is 28.3 Å². The molecule has 1 aliphatic heterocycles. The molecule has 5 nitrogen and oxygen atoms in total. The predicted molar refractivity (Wildman–Crippen MR) is 73.9 cm³/mol. The van der Waals surface area contributed by atoms with E-state index < -0.39 is 0 Å². The molecule has 0 aromatic carbocycles. The van der Waals surface area contributed by atoms with Crippen molar-refractivity contribution >= 4 is 22.4 Å². The van der Waals surface area contributed by atoms with E-state index in [1.165, 1.54) is 24.2 Å². The molecule has 1 atom stereocenters. The number of aromatic nitrogens is 1. The molecule has 0 spiro atoms. The Morgan fingerprint density at radius 1 is 1.61 bits per heavy atom. The van der Waals surface area contributed by atoms with Gasteiger partial charge in [-0.2, -0.15) is 0 Å². The Morgan fingerprint density at radius 2 is 2.39 bits per heavy atom. The lowest BCUT2D eigenvalue weighted by Crippen LogP contribution is -2.44. The molecule has 1 saturated heterocycles. The van der Waals surface area contributed by atoms with Gasteiger partial charge in [0.25, 0.3) is 5.91 Å². The van der Waals surface area contributed by atoms with Gasteiger partial charge in [-0.1, -0.05) is 17.8 Å². The van der Waals surface area contributed by atoms with Gasteiger partial charge in [-0.25, -0.2) is 4.98 Å². The number of piperidine rings is 1. The van der Waals surface area contributed by atoms with Crippen LogP contribution < -0.4 is 11.1 Å². The highest BCUT2D eigenvalue weighted by Crippen LogP contribution is 2.19. The van der Waals surface area contributed by atoms with Crippen LogP contribution in [0.4, 0.5) is 5.13 Å². The molecule has 3 N–H and O–H groups in total. The molecule has 0 aliphatic carbocycles. The number of amides is 1. The fourth-order valence-electron chi connectivity index (χ4n) is 2.32. The molecule has 1 aliphatic rings. The van der Waals surface area contributed by atoms with Crippen molar-refractivity contribution in [1.82, 2.24) is 15.2 Å². The van der Waals surface area contributed by atoms with E-state index >= 15 is 0 Å². The lowest BCUT2D eigenvalue weighted by molar-refractivity contribution is 0.0932. The van der Waals surface area contributed by atoms with E-state index in [-0.39, 0.29) is 5.91 Å². The van der Waals surface area contributed by atoms with Crippen LogP contribution in [-0.2, 0) is 0 Å². The summed E-state index contributed by atoms with van der Waals surface area (Å²) in [5.74, 6) is -0.0549. The van der Waals surface area contributed by atoms with Crippen LogP contribution in [0.3, 0.4) is 0 Å². The third-order valence-electron chi connectivity index (χ3n) is 3.44. The van der Waals surface area contributed by atoms with Gasteiger partial charge in [-0.15, -0.1) is 0 Å². The number of hydrogen-bond donors (Lipinski definition) is 2. The van der Waals surface area contributed by atoms with Gasteiger partial charge in [0.15, 0.2) is 5.13 Å². The van der Waals surface area contributed by atoms with Crippen LogP contribution in [0.25, 0.3) is 0 Å². The zero-order valence-electron chi connectivity index (χ0n) is 10.9. The molecule has 0 radical (unpaired) electrons. The minimum Gasteiger partial charge on any atom is -0.375 e. The van der Waals surface area contributed by atoms with Gasteiger partial charge < -0.3 is 16.0 Å². The van der Waals surface area contributed by atoms with Crippen LogP contribution in [0.5, 0.6) is 0 Å². The maximum absolute atomic E-state index is 12.0.